The predicted octanol–water partition coefficient (Wildman–Crippen LogP) is 3.22. The predicted molar refractivity (Wildman–Crippen MR) is 92.2 cm³/mol. The Balaban J connectivity index is 2.20. The lowest BCUT2D eigenvalue weighted by Crippen LogP contribution is -2.76. The maximum Gasteiger partial charge on any atom is 0.330 e. The van der Waals surface area contributed by atoms with Gasteiger partial charge < -0.3 is 15.2 Å². The molecule has 1 aromatic rings. The third kappa shape index (κ3) is 3.03. The first-order valence-electron chi connectivity index (χ1n) is 8.08. The molecular formula is C18H24ClNO4. The van der Waals surface area contributed by atoms with Gasteiger partial charge in [-0.15, -0.1) is 0 Å². The van der Waals surface area contributed by atoms with Gasteiger partial charge in [0.2, 0.25) is 5.91 Å². The molecule has 1 fully saturated rings. The summed E-state index contributed by atoms with van der Waals surface area (Å²) in [5.41, 5.74) is -1.27. The zero-order chi connectivity index (χ0) is 18.1. The fourth-order valence-corrected chi connectivity index (χ4v) is 3.48. The quantitative estimate of drug-likeness (QED) is 0.823. The van der Waals surface area contributed by atoms with Gasteiger partial charge in [0.05, 0.1) is 12.0 Å². The first-order valence-corrected chi connectivity index (χ1v) is 8.46. The van der Waals surface area contributed by atoms with E-state index in [0.29, 0.717) is 11.6 Å². The number of nitrogens with one attached hydrogen (secondary N) is 1. The molecule has 0 spiro atoms. The van der Waals surface area contributed by atoms with E-state index in [0.717, 1.165) is 5.56 Å². The van der Waals surface area contributed by atoms with Crippen LogP contribution in [0, 0.1) is 5.41 Å². The van der Waals surface area contributed by atoms with Gasteiger partial charge in [-0.25, -0.2) is 4.79 Å². The number of halogens is 1. The summed E-state index contributed by atoms with van der Waals surface area (Å²) in [6.45, 7) is 7.75. The molecule has 2 N–H and O–H groups in total. The highest BCUT2D eigenvalue weighted by Crippen LogP contribution is 2.51. The summed E-state index contributed by atoms with van der Waals surface area (Å²) >= 11 is 5.97. The Labute approximate surface area is 147 Å². The van der Waals surface area contributed by atoms with Crippen LogP contribution in [0.25, 0.3) is 0 Å². The molecule has 6 heteroatoms. The number of benzene rings is 1. The molecule has 1 amide bonds. The van der Waals surface area contributed by atoms with Gasteiger partial charge in [0.15, 0.2) is 0 Å². The molecule has 1 saturated carbocycles. The number of carboxylic acids is 1. The van der Waals surface area contributed by atoms with Crippen LogP contribution in [0.4, 0.5) is 0 Å². The second-order valence-electron chi connectivity index (χ2n) is 6.85. The Kier molecular flexibility index (Phi) is 5.25. The Morgan fingerprint density at radius 3 is 2.62 bits per heavy atom. The Bertz CT molecular complexity index is 646. The van der Waals surface area contributed by atoms with Crippen LogP contribution in [-0.4, -0.2) is 35.2 Å². The van der Waals surface area contributed by atoms with E-state index < -0.39 is 22.8 Å². The number of hydrogen-bond acceptors (Lipinski definition) is 3. The first-order chi connectivity index (χ1) is 11.2. The van der Waals surface area contributed by atoms with Crippen molar-refractivity contribution in [3.05, 3.63) is 34.9 Å². The summed E-state index contributed by atoms with van der Waals surface area (Å²) in [5.74, 6) is -1.86. The lowest BCUT2D eigenvalue weighted by atomic mass is 9.54. The minimum atomic E-state index is -1.32. The average molecular weight is 354 g/mol. The molecule has 1 aliphatic rings. The number of carboxylic acid groups (broad SMARTS) is 1. The van der Waals surface area contributed by atoms with Crippen molar-refractivity contribution in [2.45, 2.75) is 51.7 Å². The highest BCUT2D eigenvalue weighted by atomic mass is 35.5. The number of aliphatic carboxylic acids is 1. The smallest absolute Gasteiger partial charge is 0.330 e. The molecule has 0 aromatic heterocycles. The standard InChI is InChI=1S/C18H24ClNO4/c1-5-24-14-10-18(16(22)23,17(14,3)4)20-15(21)11(2)12-7-6-8-13(19)9-12/h6-9,11,14H,5,10H2,1-4H3,(H,20,21)(H,22,23). The summed E-state index contributed by atoms with van der Waals surface area (Å²) < 4.78 is 5.61. The van der Waals surface area contributed by atoms with Gasteiger partial charge >= 0.3 is 5.97 Å². The largest absolute Gasteiger partial charge is 0.479 e. The molecule has 0 bridgehead atoms. The summed E-state index contributed by atoms with van der Waals surface area (Å²) in [4.78, 5) is 24.6. The summed E-state index contributed by atoms with van der Waals surface area (Å²) in [5, 5.41) is 13.1. The summed E-state index contributed by atoms with van der Waals surface area (Å²) in [7, 11) is 0. The van der Waals surface area contributed by atoms with E-state index in [4.69, 9.17) is 16.3 Å². The van der Waals surface area contributed by atoms with Crippen molar-refractivity contribution in [1.29, 1.82) is 0 Å². The van der Waals surface area contributed by atoms with Gasteiger partial charge in [0, 0.05) is 23.5 Å². The molecule has 5 nitrogen and oxygen atoms in total. The van der Waals surface area contributed by atoms with Gasteiger partial charge in [-0.3, -0.25) is 4.79 Å². The van der Waals surface area contributed by atoms with E-state index in [9.17, 15) is 14.7 Å². The molecule has 0 heterocycles. The number of rotatable bonds is 6. The van der Waals surface area contributed by atoms with Crippen LogP contribution >= 0.6 is 11.6 Å². The Morgan fingerprint density at radius 1 is 1.46 bits per heavy atom. The highest BCUT2D eigenvalue weighted by molar-refractivity contribution is 6.30. The molecule has 1 aromatic carbocycles. The van der Waals surface area contributed by atoms with E-state index in [1.54, 1.807) is 31.2 Å². The molecular weight excluding hydrogens is 330 g/mol. The second kappa shape index (κ2) is 6.73. The molecule has 3 atom stereocenters. The number of hydrogen-bond donors (Lipinski definition) is 2. The fraction of sp³-hybridized carbons (Fsp3) is 0.556. The highest BCUT2D eigenvalue weighted by Gasteiger charge is 2.66. The average Bonchev–Trinajstić information content (AvgIpc) is 2.52. The van der Waals surface area contributed by atoms with Crippen LogP contribution in [0.5, 0.6) is 0 Å². The molecule has 2 rings (SSSR count). The van der Waals surface area contributed by atoms with Crippen molar-refractivity contribution < 1.29 is 19.4 Å². The van der Waals surface area contributed by atoms with Crippen LogP contribution in [-0.2, 0) is 14.3 Å². The monoisotopic (exact) mass is 353 g/mol. The first kappa shape index (κ1) is 18.7. The van der Waals surface area contributed by atoms with Crippen LogP contribution in [0.3, 0.4) is 0 Å². The fourth-order valence-electron chi connectivity index (χ4n) is 3.28. The Morgan fingerprint density at radius 2 is 2.12 bits per heavy atom. The number of amides is 1. The van der Waals surface area contributed by atoms with Crippen molar-refractivity contribution in [2.24, 2.45) is 5.41 Å². The molecule has 0 saturated heterocycles. The lowest BCUT2D eigenvalue weighted by molar-refractivity contribution is -0.194. The third-order valence-electron chi connectivity index (χ3n) is 5.21. The zero-order valence-corrected chi connectivity index (χ0v) is 15.2. The van der Waals surface area contributed by atoms with Crippen LogP contribution in [0.1, 0.15) is 45.6 Å². The van der Waals surface area contributed by atoms with Gasteiger partial charge in [-0.1, -0.05) is 37.6 Å². The number of ether oxygens (including phenoxy) is 1. The van der Waals surface area contributed by atoms with Crippen LogP contribution in [0.15, 0.2) is 24.3 Å². The summed E-state index contributed by atoms with van der Waals surface area (Å²) in [6.07, 6.45) is 0.0670. The van der Waals surface area contributed by atoms with E-state index in [1.807, 2.05) is 20.8 Å². The molecule has 24 heavy (non-hydrogen) atoms. The van der Waals surface area contributed by atoms with Crippen molar-refractivity contribution in [1.82, 2.24) is 5.32 Å². The zero-order valence-electron chi connectivity index (χ0n) is 14.4. The number of carbonyl (C=O) groups is 2. The minimum Gasteiger partial charge on any atom is -0.479 e. The van der Waals surface area contributed by atoms with Gasteiger partial charge in [0.25, 0.3) is 0 Å². The molecule has 0 aliphatic heterocycles. The van der Waals surface area contributed by atoms with Crippen LogP contribution < -0.4 is 5.32 Å². The molecule has 3 unspecified atom stereocenters. The summed E-state index contributed by atoms with van der Waals surface area (Å²) in [6, 6.07) is 7.02. The van der Waals surface area contributed by atoms with Crippen molar-refractivity contribution in [2.75, 3.05) is 6.61 Å². The Hall–Kier alpha value is -1.59. The van der Waals surface area contributed by atoms with E-state index in [-0.39, 0.29) is 18.4 Å². The topological polar surface area (TPSA) is 75.6 Å². The normalized spacial score (nSPS) is 26.3. The van der Waals surface area contributed by atoms with E-state index in [2.05, 4.69) is 5.32 Å². The van der Waals surface area contributed by atoms with Gasteiger partial charge in [-0.05, 0) is 31.5 Å². The van der Waals surface area contributed by atoms with E-state index in [1.165, 1.54) is 0 Å². The van der Waals surface area contributed by atoms with Crippen molar-refractivity contribution >= 4 is 23.5 Å². The molecule has 0 radical (unpaired) electrons. The second-order valence-corrected chi connectivity index (χ2v) is 7.28. The SMILES string of the molecule is CCOC1CC(NC(=O)C(C)c2cccc(Cl)c2)(C(=O)O)C1(C)C. The molecule has 132 valence electrons. The van der Waals surface area contributed by atoms with Crippen molar-refractivity contribution in [3.8, 4) is 0 Å². The van der Waals surface area contributed by atoms with Gasteiger partial charge in [-0.2, -0.15) is 0 Å². The number of carbonyl (C=O) groups excluding carboxylic acids is 1. The van der Waals surface area contributed by atoms with E-state index >= 15 is 0 Å². The van der Waals surface area contributed by atoms with Crippen molar-refractivity contribution in [3.63, 3.8) is 0 Å². The van der Waals surface area contributed by atoms with Crippen LogP contribution in [0.2, 0.25) is 5.02 Å². The maximum absolute atomic E-state index is 12.7. The third-order valence-corrected chi connectivity index (χ3v) is 5.44. The lowest BCUT2D eigenvalue weighted by Gasteiger charge is -2.58. The minimum absolute atomic E-state index is 0.194. The maximum atomic E-state index is 12.7. The van der Waals surface area contributed by atoms with Gasteiger partial charge in [0.1, 0.15) is 5.54 Å². The molecule has 1 aliphatic carbocycles.